The van der Waals surface area contributed by atoms with Crippen LogP contribution in [0.25, 0.3) is 0 Å². The van der Waals surface area contributed by atoms with Crippen molar-refractivity contribution in [1.82, 2.24) is 0 Å². The summed E-state index contributed by atoms with van der Waals surface area (Å²) in [4.78, 5) is 11.5. The van der Waals surface area contributed by atoms with Gasteiger partial charge in [0.1, 0.15) is 0 Å². The zero-order valence-electron chi connectivity index (χ0n) is 12.2. The molecule has 3 heteroatoms. The van der Waals surface area contributed by atoms with E-state index in [-0.39, 0.29) is 0 Å². The largest absolute Gasteiger partial charge is 0.481 e. The van der Waals surface area contributed by atoms with Gasteiger partial charge in [0.15, 0.2) is 0 Å². The summed E-state index contributed by atoms with van der Waals surface area (Å²) in [6.45, 7) is 2.07. The highest BCUT2D eigenvalue weighted by Crippen LogP contribution is 2.53. The molecule has 19 heavy (non-hydrogen) atoms. The molecule has 0 amide bonds. The molecule has 0 radical (unpaired) electrons. The number of unbranched alkanes of at least 4 members (excludes halogenated alkanes) is 1. The third-order valence-corrected chi connectivity index (χ3v) is 5.63. The fraction of sp³-hybridized carbons (Fsp3) is 0.938. The molecular formula is C16H28O3. The van der Waals surface area contributed by atoms with Crippen LogP contribution in [0.1, 0.15) is 77.6 Å². The van der Waals surface area contributed by atoms with E-state index in [4.69, 9.17) is 0 Å². The van der Waals surface area contributed by atoms with Gasteiger partial charge in [-0.2, -0.15) is 0 Å². The molecule has 110 valence electrons. The van der Waals surface area contributed by atoms with E-state index >= 15 is 0 Å². The summed E-state index contributed by atoms with van der Waals surface area (Å²) in [6.07, 6.45) is 11.1. The van der Waals surface area contributed by atoms with Crippen LogP contribution in [-0.2, 0) is 4.79 Å². The van der Waals surface area contributed by atoms with Crippen molar-refractivity contribution in [3.8, 4) is 0 Å². The van der Waals surface area contributed by atoms with Gasteiger partial charge in [0.05, 0.1) is 11.5 Å². The van der Waals surface area contributed by atoms with Gasteiger partial charge in [-0.3, -0.25) is 4.79 Å². The van der Waals surface area contributed by atoms with Crippen LogP contribution in [-0.4, -0.2) is 21.8 Å². The molecule has 1 atom stereocenters. The molecule has 0 heterocycles. The van der Waals surface area contributed by atoms with E-state index in [1.54, 1.807) is 0 Å². The average molecular weight is 268 g/mol. The van der Waals surface area contributed by atoms with Crippen LogP contribution >= 0.6 is 0 Å². The van der Waals surface area contributed by atoms with Crippen LogP contribution in [0, 0.1) is 11.3 Å². The predicted molar refractivity (Wildman–Crippen MR) is 75.0 cm³/mol. The minimum atomic E-state index is -0.950. The SMILES string of the molecule is CCCCC(C(=O)O)C1(O)CCC2(CCCC2)CC1. The Kier molecular flexibility index (Phi) is 4.54. The Morgan fingerprint density at radius 2 is 1.68 bits per heavy atom. The number of aliphatic hydroxyl groups is 1. The second-order valence-electron chi connectivity index (χ2n) is 6.84. The summed E-state index contributed by atoms with van der Waals surface area (Å²) >= 11 is 0. The second kappa shape index (κ2) is 5.82. The number of hydrogen-bond acceptors (Lipinski definition) is 2. The standard InChI is InChI=1S/C16H28O3/c1-2-3-6-13(14(17)18)16(19)11-9-15(10-12-16)7-4-5-8-15/h13,19H,2-12H2,1H3,(H,17,18). The number of carboxylic acids is 1. The summed E-state index contributed by atoms with van der Waals surface area (Å²) in [5.74, 6) is -1.37. The molecule has 2 aliphatic rings. The Balaban J connectivity index is 2.00. The van der Waals surface area contributed by atoms with E-state index in [0.717, 1.165) is 25.7 Å². The van der Waals surface area contributed by atoms with Crippen molar-refractivity contribution < 1.29 is 15.0 Å². The van der Waals surface area contributed by atoms with Crippen LogP contribution in [0.15, 0.2) is 0 Å². The molecule has 2 rings (SSSR count). The summed E-state index contributed by atoms with van der Waals surface area (Å²) in [5.41, 5.74) is -0.505. The molecule has 0 aromatic rings. The second-order valence-corrected chi connectivity index (χ2v) is 6.84. The van der Waals surface area contributed by atoms with E-state index < -0.39 is 17.5 Å². The zero-order chi connectivity index (χ0) is 13.9. The normalized spacial score (nSPS) is 26.4. The average Bonchev–Trinajstić information content (AvgIpc) is 2.83. The molecule has 0 saturated heterocycles. The van der Waals surface area contributed by atoms with Crippen LogP contribution in [0.2, 0.25) is 0 Å². The Morgan fingerprint density at radius 3 is 2.16 bits per heavy atom. The zero-order valence-corrected chi connectivity index (χ0v) is 12.2. The van der Waals surface area contributed by atoms with Crippen molar-refractivity contribution in [3.63, 3.8) is 0 Å². The van der Waals surface area contributed by atoms with Crippen LogP contribution in [0.4, 0.5) is 0 Å². The van der Waals surface area contributed by atoms with Crippen molar-refractivity contribution in [2.45, 2.75) is 83.2 Å². The van der Waals surface area contributed by atoms with Gasteiger partial charge in [0.2, 0.25) is 0 Å². The molecule has 0 aromatic carbocycles. The minimum Gasteiger partial charge on any atom is -0.481 e. The number of rotatable bonds is 5. The van der Waals surface area contributed by atoms with E-state index in [0.29, 0.717) is 24.7 Å². The molecule has 0 aromatic heterocycles. The van der Waals surface area contributed by atoms with Gasteiger partial charge < -0.3 is 10.2 Å². The maximum absolute atomic E-state index is 11.5. The summed E-state index contributed by atoms with van der Waals surface area (Å²) in [7, 11) is 0. The maximum Gasteiger partial charge on any atom is 0.309 e. The predicted octanol–water partition coefficient (Wildman–Crippen LogP) is 3.74. The van der Waals surface area contributed by atoms with Gasteiger partial charge in [-0.1, -0.05) is 32.6 Å². The fourth-order valence-corrected chi connectivity index (χ4v) is 4.22. The highest BCUT2D eigenvalue weighted by atomic mass is 16.4. The summed E-state index contributed by atoms with van der Waals surface area (Å²) in [5, 5.41) is 20.2. The van der Waals surface area contributed by atoms with Crippen LogP contribution < -0.4 is 0 Å². The van der Waals surface area contributed by atoms with Crippen LogP contribution in [0.5, 0.6) is 0 Å². The topological polar surface area (TPSA) is 57.5 Å². The number of hydrogen-bond donors (Lipinski definition) is 2. The third-order valence-electron chi connectivity index (χ3n) is 5.63. The lowest BCUT2D eigenvalue weighted by Crippen LogP contribution is -2.47. The highest BCUT2D eigenvalue weighted by Gasteiger charge is 2.48. The molecule has 2 saturated carbocycles. The van der Waals surface area contributed by atoms with Gasteiger partial charge in [-0.25, -0.2) is 0 Å². The van der Waals surface area contributed by atoms with Gasteiger partial charge in [0, 0.05) is 0 Å². The molecule has 1 spiro atoms. The van der Waals surface area contributed by atoms with E-state index in [1.165, 1.54) is 25.7 Å². The first-order valence-corrected chi connectivity index (χ1v) is 7.97. The van der Waals surface area contributed by atoms with Crippen LogP contribution in [0.3, 0.4) is 0 Å². The number of carbonyl (C=O) groups is 1. The third kappa shape index (κ3) is 3.13. The minimum absolute atomic E-state index is 0.444. The smallest absolute Gasteiger partial charge is 0.309 e. The van der Waals surface area contributed by atoms with Crippen molar-refractivity contribution in [2.75, 3.05) is 0 Å². The van der Waals surface area contributed by atoms with Gasteiger partial charge in [-0.05, 0) is 50.4 Å². The first kappa shape index (κ1) is 14.8. The molecule has 1 unspecified atom stereocenters. The lowest BCUT2D eigenvalue weighted by molar-refractivity contribution is -0.158. The molecular weight excluding hydrogens is 240 g/mol. The first-order valence-electron chi connectivity index (χ1n) is 7.97. The Morgan fingerprint density at radius 1 is 1.11 bits per heavy atom. The molecule has 0 bridgehead atoms. The maximum atomic E-state index is 11.5. The summed E-state index contributed by atoms with van der Waals surface area (Å²) < 4.78 is 0. The van der Waals surface area contributed by atoms with E-state index in [9.17, 15) is 15.0 Å². The highest BCUT2D eigenvalue weighted by molar-refractivity contribution is 5.71. The Labute approximate surface area is 116 Å². The molecule has 2 fully saturated rings. The van der Waals surface area contributed by atoms with Crippen molar-refractivity contribution >= 4 is 5.97 Å². The molecule has 2 N–H and O–H groups in total. The molecule has 3 nitrogen and oxygen atoms in total. The summed E-state index contributed by atoms with van der Waals surface area (Å²) in [6, 6.07) is 0. The lowest BCUT2D eigenvalue weighted by atomic mass is 9.63. The fourth-order valence-electron chi connectivity index (χ4n) is 4.22. The van der Waals surface area contributed by atoms with Gasteiger partial charge in [0.25, 0.3) is 0 Å². The Hall–Kier alpha value is -0.570. The molecule has 0 aliphatic heterocycles. The van der Waals surface area contributed by atoms with E-state index in [2.05, 4.69) is 6.92 Å². The van der Waals surface area contributed by atoms with Crippen molar-refractivity contribution in [1.29, 1.82) is 0 Å². The Bertz CT molecular complexity index is 308. The van der Waals surface area contributed by atoms with Crippen molar-refractivity contribution in [3.05, 3.63) is 0 Å². The van der Waals surface area contributed by atoms with Crippen molar-refractivity contribution in [2.24, 2.45) is 11.3 Å². The molecule has 2 aliphatic carbocycles. The number of aliphatic carboxylic acids is 1. The lowest BCUT2D eigenvalue weighted by Gasteiger charge is -2.44. The quantitative estimate of drug-likeness (QED) is 0.798. The first-order chi connectivity index (χ1) is 9.01. The number of carboxylic acid groups (broad SMARTS) is 1. The van der Waals surface area contributed by atoms with E-state index in [1.807, 2.05) is 0 Å². The van der Waals surface area contributed by atoms with Gasteiger partial charge >= 0.3 is 5.97 Å². The monoisotopic (exact) mass is 268 g/mol. The van der Waals surface area contributed by atoms with Gasteiger partial charge in [-0.15, -0.1) is 0 Å².